The van der Waals surface area contributed by atoms with E-state index in [1.807, 2.05) is 13.1 Å². The fourth-order valence-electron chi connectivity index (χ4n) is 5.28. The fraction of sp³-hybridized carbons (Fsp3) is 0.640. The molecule has 2 heterocycles. The normalized spacial score (nSPS) is 20.2. The van der Waals surface area contributed by atoms with Crippen molar-refractivity contribution in [2.45, 2.75) is 63.5 Å². The molecule has 4 rings (SSSR count). The van der Waals surface area contributed by atoms with Crippen molar-refractivity contribution in [2.24, 2.45) is 0 Å². The molecule has 0 radical (unpaired) electrons. The lowest BCUT2D eigenvalue weighted by atomic mass is 10.00. The van der Waals surface area contributed by atoms with Gasteiger partial charge in [-0.2, -0.15) is 4.98 Å². The van der Waals surface area contributed by atoms with E-state index in [1.54, 1.807) is 6.07 Å². The van der Waals surface area contributed by atoms with Crippen molar-refractivity contribution in [3.05, 3.63) is 24.0 Å². The van der Waals surface area contributed by atoms with Crippen molar-refractivity contribution in [3.63, 3.8) is 0 Å². The second-order valence-electron chi connectivity index (χ2n) is 9.93. The highest BCUT2D eigenvalue weighted by molar-refractivity contribution is 5.56. The van der Waals surface area contributed by atoms with Gasteiger partial charge in [-0.25, -0.2) is 8.87 Å². The second-order valence-corrected chi connectivity index (χ2v) is 9.93. The lowest BCUT2D eigenvalue weighted by molar-refractivity contribution is 0.0482. The maximum Gasteiger partial charge on any atom is 0.340 e. The molecule has 1 aromatic heterocycles. The van der Waals surface area contributed by atoms with Crippen LogP contribution in [0.3, 0.4) is 0 Å². The lowest BCUT2D eigenvalue weighted by Gasteiger charge is -2.42. The third-order valence-electron chi connectivity index (χ3n) is 7.45. The Hall–Kier alpha value is -2.56. The minimum atomic E-state index is -0.448. The Morgan fingerprint density at radius 3 is 2.46 bits per heavy atom. The standard InChI is InChI=1S/C25H39FN7O2/c1-32-14-12-19(13-15-32)33(2,20-10-11-22(21(26)16-20)35-17-34-3)25-30-23(27)29-24(31-25)28-18-8-6-4-5-7-9-18/h10-11,16,18-19H,4-9,12-15,17H2,1-3H3,(H3,27,28,29,30,31)/q+1. The first kappa shape index (κ1) is 25.5. The summed E-state index contributed by atoms with van der Waals surface area (Å²) in [5.74, 6) is 0.890. The predicted molar refractivity (Wildman–Crippen MR) is 136 cm³/mol. The van der Waals surface area contributed by atoms with E-state index >= 15 is 4.39 Å². The molecule has 2 aliphatic rings. The zero-order valence-electron chi connectivity index (χ0n) is 21.2. The summed E-state index contributed by atoms with van der Waals surface area (Å²) in [6, 6.07) is 5.52. The number of nitrogens with zero attached hydrogens (tertiary/aromatic N) is 5. The zero-order chi connectivity index (χ0) is 24.8. The third-order valence-corrected chi connectivity index (χ3v) is 7.45. The molecular weight excluding hydrogens is 449 g/mol. The molecule has 10 heteroatoms. The molecule has 1 aliphatic carbocycles. The van der Waals surface area contributed by atoms with Crippen LogP contribution in [0.5, 0.6) is 5.75 Å². The molecule has 2 aromatic rings. The van der Waals surface area contributed by atoms with Crippen LogP contribution in [0.25, 0.3) is 0 Å². The van der Waals surface area contributed by atoms with Gasteiger partial charge in [0.1, 0.15) is 11.7 Å². The quantitative estimate of drug-likeness (QED) is 0.326. The summed E-state index contributed by atoms with van der Waals surface area (Å²) < 4.78 is 25.6. The Morgan fingerprint density at radius 2 is 1.80 bits per heavy atom. The predicted octanol–water partition coefficient (Wildman–Crippen LogP) is 4.07. The topological polar surface area (TPSA) is 98.4 Å². The number of hydrogen-bond acceptors (Lipinski definition) is 8. The van der Waals surface area contributed by atoms with Gasteiger partial charge in [-0.15, -0.1) is 9.97 Å². The zero-order valence-corrected chi connectivity index (χ0v) is 21.2. The highest BCUT2D eigenvalue weighted by Crippen LogP contribution is 2.39. The Kier molecular flexibility index (Phi) is 8.35. The number of benzene rings is 1. The van der Waals surface area contributed by atoms with Crippen molar-refractivity contribution >= 4 is 23.5 Å². The van der Waals surface area contributed by atoms with Crippen LogP contribution >= 0.6 is 0 Å². The van der Waals surface area contributed by atoms with E-state index in [4.69, 9.17) is 20.2 Å². The number of nitrogens with two attached hydrogens (primary N) is 1. The summed E-state index contributed by atoms with van der Waals surface area (Å²) in [4.78, 5) is 16.2. The van der Waals surface area contributed by atoms with Crippen LogP contribution in [0.2, 0.25) is 0 Å². The molecule has 1 aromatic carbocycles. The first-order valence-corrected chi connectivity index (χ1v) is 12.7. The number of halogens is 1. The van der Waals surface area contributed by atoms with Crippen LogP contribution in [-0.2, 0) is 4.74 Å². The number of nitrogens with one attached hydrogen (secondary N) is 1. The molecule has 0 spiro atoms. The highest BCUT2D eigenvalue weighted by Gasteiger charge is 2.43. The van der Waals surface area contributed by atoms with Crippen LogP contribution in [0, 0.1) is 5.82 Å². The average molecular weight is 489 g/mol. The maximum atomic E-state index is 15.1. The molecule has 1 saturated heterocycles. The molecule has 35 heavy (non-hydrogen) atoms. The van der Waals surface area contributed by atoms with Crippen molar-refractivity contribution in [1.82, 2.24) is 24.3 Å². The van der Waals surface area contributed by atoms with Crippen molar-refractivity contribution in [3.8, 4) is 5.75 Å². The second kappa shape index (κ2) is 11.5. The van der Waals surface area contributed by atoms with Gasteiger partial charge in [0.2, 0.25) is 11.9 Å². The number of anilines is 2. The molecule has 0 amide bonds. The van der Waals surface area contributed by atoms with Crippen LogP contribution in [0.1, 0.15) is 51.4 Å². The van der Waals surface area contributed by atoms with Gasteiger partial charge in [0.25, 0.3) is 0 Å². The van der Waals surface area contributed by atoms with E-state index in [2.05, 4.69) is 27.2 Å². The van der Waals surface area contributed by atoms with Gasteiger partial charge in [0, 0.05) is 51.2 Å². The molecule has 192 valence electrons. The van der Waals surface area contributed by atoms with E-state index in [1.165, 1.54) is 38.9 Å². The SMILES string of the molecule is COCOc1ccc([N+](C)(c2nc(N)nc(NC3CCCCCC3)n2)C2CCN(C)CC2)cc1F. The van der Waals surface area contributed by atoms with Gasteiger partial charge in [0.15, 0.2) is 18.4 Å². The minimum absolute atomic E-state index is 0.0163. The third kappa shape index (κ3) is 5.99. The maximum absolute atomic E-state index is 15.1. The van der Waals surface area contributed by atoms with E-state index in [-0.39, 0.29) is 29.0 Å². The van der Waals surface area contributed by atoms with Crippen molar-refractivity contribution in [1.29, 1.82) is 0 Å². The first-order chi connectivity index (χ1) is 16.9. The molecule has 1 unspecified atom stereocenters. The van der Waals surface area contributed by atoms with E-state index in [0.29, 0.717) is 17.9 Å². The monoisotopic (exact) mass is 488 g/mol. The molecule has 2 fully saturated rings. The fourth-order valence-corrected chi connectivity index (χ4v) is 5.28. The summed E-state index contributed by atoms with van der Waals surface area (Å²) in [7, 11) is 5.68. The van der Waals surface area contributed by atoms with E-state index in [0.717, 1.165) is 44.5 Å². The summed E-state index contributed by atoms with van der Waals surface area (Å²) in [5, 5.41) is 3.51. The van der Waals surface area contributed by atoms with Crippen LogP contribution in [0.15, 0.2) is 18.2 Å². The molecular formula is C25H39FN7O2+. The number of aromatic nitrogens is 3. The van der Waals surface area contributed by atoms with Gasteiger partial charge in [-0.3, -0.25) is 0 Å². The Bertz CT molecular complexity index is 978. The van der Waals surface area contributed by atoms with Gasteiger partial charge in [-0.1, -0.05) is 25.7 Å². The van der Waals surface area contributed by atoms with Crippen LogP contribution in [0.4, 0.5) is 27.9 Å². The Morgan fingerprint density at radius 1 is 1.09 bits per heavy atom. The van der Waals surface area contributed by atoms with Gasteiger partial charge in [-0.05, 0) is 26.0 Å². The number of quaternary nitrogens is 1. The molecule has 1 atom stereocenters. The Labute approximate surface area is 207 Å². The molecule has 1 aliphatic heterocycles. The number of hydrogen-bond donors (Lipinski definition) is 2. The van der Waals surface area contributed by atoms with Crippen molar-refractivity contribution in [2.75, 3.05) is 52.1 Å². The number of likely N-dealkylation sites (tertiary alicyclic amines) is 1. The van der Waals surface area contributed by atoms with Gasteiger partial charge >= 0.3 is 5.95 Å². The smallest absolute Gasteiger partial charge is 0.340 e. The largest absolute Gasteiger partial charge is 0.464 e. The van der Waals surface area contributed by atoms with E-state index < -0.39 is 5.82 Å². The number of methoxy groups -OCH3 is 1. The van der Waals surface area contributed by atoms with Gasteiger partial charge < -0.3 is 25.4 Å². The van der Waals surface area contributed by atoms with E-state index in [9.17, 15) is 0 Å². The molecule has 1 saturated carbocycles. The van der Waals surface area contributed by atoms with Crippen LogP contribution in [-0.4, -0.2) is 73.0 Å². The lowest BCUT2D eigenvalue weighted by Crippen LogP contribution is -2.54. The molecule has 0 bridgehead atoms. The average Bonchev–Trinajstić information content (AvgIpc) is 3.11. The summed E-state index contributed by atoms with van der Waals surface area (Å²) in [6.07, 6.45) is 8.97. The van der Waals surface area contributed by atoms with Crippen molar-refractivity contribution < 1.29 is 13.9 Å². The highest BCUT2D eigenvalue weighted by atomic mass is 19.1. The number of rotatable bonds is 8. The molecule has 3 N–H and O–H groups in total. The summed E-state index contributed by atoms with van der Waals surface area (Å²) in [6.45, 7) is 1.88. The summed E-state index contributed by atoms with van der Waals surface area (Å²) >= 11 is 0. The minimum Gasteiger partial charge on any atom is -0.464 e. The molecule has 9 nitrogen and oxygen atoms in total. The number of ether oxygens (including phenoxy) is 2. The van der Waals surface area contributed by atoms with Gasteiger partial charge in [0.05, 0.1) is 7.05 Å². The number of piperidine rings is 1. The number of nitrogen functional groups attached to an aromatic ring is 1. The summed E-state index contributed by atoms with van der Waals surface area (Å²) in [5.41, 5.74) is 6.95. The Balaban J connectivity index is 1.71. The first-order valence-electron chi connectivity index (χ1n) is 12.7. The van der Waals surface area contributed by atoms with Crippen LogP contribution < -0.4 is 20.3 Å².